The monoisotopic (exact) mass is 252 g/mol. The standard InChI is InChI=1S/C16H32N2/c1-4-13(3)16-11-17-15(12-18(16)5-2)14-9-7-6-8-10-14/h13-17H,4-12H2,1-3H3. The second kappa shape index (κ2) is 6.91. The molecule has 1 aliphatic carbocycles. The molecule has 0 amide bonds. The zero-order valence-electron chi connectivity index (χ0n) is 12.6. The Morgan fingerprint density at radius 2 is 1.89 bits per heavy atom. The molecule has 2 heteroatoms. The zero-order valence-corrected chi connectivity index (χ0v) is 12.6. The van der Waals surface area contributed by atoms with E-state index in [0.717, 1.165) is 23.9 Å². The van der Waals surface area contributed by atoms with Gasteiger partial charge in [-0.2, -0.15) is 0 Å². The number of nitrogens with one attached hydrogen (secondary N) is 1. The highest BCUT2D eigenvalue weighted by Gasteiger charge is 2.33. The molecule has 1 saturated carbocycles. The Balaban J connectivity index is 1.90. The lowest BCUT2D eigenvalue weighted by atomic mass is 9.82. The van der Waals surface area contributed by atoms with Crippen LogP contribution < -0.4 is 5.32 Å². The van der Waals surface area contributed by atoms with Crippen LogP contribution in [0.4, 0.5) is 0 Å². The average Bonchev–Trinajstić information content (AvgIpc) is 2.46. The molecule has 1 heterocycles. The van der Waals surface area contributed by atoms with Gasteiger partial charge in [0.05, 0.1) is 0 Å². The van der Waals surface area contributed by atoms with Crippen molar-refractivity contribution in [3.63, 3.8) is 0 Å². The van der Waals surface area contributed by atoms with Gasteiger partial charge in [-0.15, -0.1) is 0 Å². The van der Waals surface area contributed by atoms with Gasteiger partial charge in [0.15, 0.2) is 0 Å². The first-order valence-corrected chi connectivity index (χ1v) is 8.23. The zero-order chi connectivity index (χ0) is 13.0. The van der Waals surface area contributed by atoms with Crippen molar-refractivity contribution in [3.05, 3.63) is 0 Å². The van der Waals surface area contributed by atoms with Crippen LogP contribution in [-0.2, 0) is 0 Å². The van der Waals surface area contributed by atoms with Crippen molar-refractivity contribution in [1.82, 2.24) is 10.2 Å². The molecule has 1 aliphatic heterocycles. The Morgan fingerprint density at radius 1 is 1.17 bits per heavy atom. The SMILES string of the molecule is CCC(C)C1CNC(C2CCCCC2)CN1CC. The summed E-state index contributed by atoms with van der Waals surface area (Å²) in [6.45, 7) is 10.8. The quantitative estimate of drug-likeness (QED) is 0.826. The fourth-order valence-corrected chi connectivity index (χ4v) is 3.90. The van der Waals surface area contributed by atoms with Gasteiger partial charge in [0.2, 0.25) is 0 Å². The molecule has 0 bridgehead atoms. The highest BCUT2D eigenvalue weighted by atomic mass is 15.2. The summed E-state index contributed by atoms with van der Waals surface area (Å²) in [7, 11) is 0. The van der Waals surface area contributed by atoms with E-state index in [0.29, 0.717) is 0 Å². The van der Waals surface area contributed by atoms with Crippen molar-refractivity contribution in [1.29, 1.82) is 0 Å². The second-order valence-electron chi connectivity index (χ2n) is 6.45. The Bertz CT molecular complexity index is 235. The van der Waals surface area contributed by atoms with Gasteiger partial charge < -0.3 is 5.32 Å². The molecule has 1 N–H and O–H groups in total. The maximum Gasteiger partial charge on any atom is 0.0246 e. The summed E-state index contributed by atoms with van der Waals surface area (Å²) < 4.78 is 0. The minimum Gasteiger partial charge on any atom is -0.311 e. The Hall–Kier alpha value is -0.0800. The van der Waals surface area contributed by atoms with Crippen molar-refractivity contribution in [2.24, 2.45) is 11.8 Å². The molecule has 2 fully saturated rings. The van der Waals surface area contributed by atoms with Crippen molar-refractivity contribution in [3.8, 4) is 0 Å². The molecule has 0 aromatic carbocycles. The van der Waals surface area contributed by atoms with Crippen LogP contribution in [0.1, 0.15) is 59.3 Å². The van der Waals surface area contributed by atoms with Gasteiger partial charge in [-0.25, -0.2) is 0 Å². The van der Waals surface area contributed by atoms with E-state index < -0.39 is 0 Å². The Labute approximate surface area is 114 Å². The molecule has 2 aliphatic rings. The minimum absolute atomic E-state index is 0.764. The summed E-state index contributed by atoms with van der Waals surface area (Å²) in [6.07, 6.45) is 8.62. The van der Waals surface area contributed by atoms with Crippen LogP contribution in [0.2, 0.25) is 0 Å². The van der Waals surface area contributed by atoms with E-state index in [-0.39, 0.29) is 0 Å². The van der Waals surface area contributed by atoms with Crippen LogP contribution in [0.3, 0.4) is 0 Å². The molecule has 0 spiro atoms. The minimum atomic E-state index is 0.764. The Morgan fingerprint density at radius 3 is 2.50 bits per heavy atom. The number of likely N-dealkylation sites (N-methyl/N-ethyl adjacent to an activating group) is 1. The largest absolute Gasteiger partial charge is 0.311 e. The lowest BCUT2D eigenvalue weighted by Gasteiger charge is -2.45. The van der Waals surface area contributed by atoms with E-state index in [2.05, 4.69) is 31.0 Å². The first kappa shape index (κ1) is 14.3. The summed E-state index contributed by atoms with van der Waals surface area (Å²) in [5.74, 6) is 1.77. The molecule has 0 aromatic rings. The van der Waals surface area contributed by atoms with E-state index >= 15 is 0 Å². The topological polar surface area (TPSA) is 15.3 Å². The lowest BCUT2D eigenvalue weighted by Crippen LogP contribution is -2.60. The van der Waals surface area contributed by atoms with Crippen LogP contribution in [0.15, 0.2) is 0 Å². The van der Waals surface area contributed by atoms with Crippen LogP contribution >= 0.6 is 0 Å². The molecule has 18 heavy (non-hydrogen) atoms. The van der Waals surface area contributed by atoms with Gasteiger partial charge in [-0.3, -0.25) is 4.90 Å². The van der Waals surface area contributed by atoms with Gasteiger partial charge in [0, 0.05) is 25.2 Å². The predicted molar refractivity (Wildman–Crippen MR) is 78.9 cm³/mol. The number of hydrogen-bond acceptors (Lipinski definition) is 2. The molecule has 2 nitrogen and oxygen atoms in total. The van der Waals surface area contributed by atoms with E-state index in [1.54, 1.807) is 0 Å². The first-order valence-electron chi connectivity index (χ1n) is 8.23. The lowest BCUT2D eigenvalue weighted by molar-refractivity contribution is 0.0715. The fourth-order valence-electron chi connectivity index (χ4n) is 3.90. The van der Waals surface area contributed by atoms with Crippen molar-refractivity contribution in [2.45, 2.75) is 71.4 Å². The molecule has 1 saturated heterocycles. The van der Waals surface area contributed by atoms with E-state index in [1.807, 2.05) is 0 Å². The third-order valence-electron chi connectivity index (χ3n) is 5.42. The summed E-state index contributed by atoms with van der Waals surface area (Å²) in [5, 5.41) is 3.88. The third-order valence-corrected chi connectivity index (χ3v) is 5.42. The second-order valence-corrected chi connectivity index (χ2v) is 6.45. The molecule has 3 unspecified atom stereocenters. The van der Waals surface area contributed by atoms with Gasteiger partial charge in [0.25, 0.3) is 0 Å². The van der Waals surface area contributed by atoms with Crippen LogP contribution in [-0.4, -0.2) is 36.6 Å². The number of rotatable bonds is 4. The summed E-state index contributed by atoms with van der Waals surface area (Å²) in [6, 6.07) is 1.53. The normalized spacial score (nSPS) is 33.5. The van der Waals surface area contributed by atoms with Crippen LogP contribution in [0.25, 0.3) is 0 Å². The molecular formula is C16H32N2. The van der Waals surface area contributed by atoms with Crippen molar-refractivity contribution in [2.75, 3.05) is 19.6 Å². The van der Waals surface area contributed by atoms with Crippen molar-refractivity contribution < 1.29 is 0 Å². The molecule has 0 aromatic heterocycles. The predicted octanol–water partition coefficient (Wildman–Crippen LogP) is 3.28. The molecule has 3 atom stereocenters. The maximum atomic E-state index is 3.88. The van der Waals surface area contributed by atoms with Gasteiger partial charge in [-0.1, -0.05) is 46.5 Å². The third kappa shape index (κ3) is 3.27. The first-order chi connectivity index (χ1) is 8.76. The number of nitrogens with zero attached hydrogens (tertiary/aromatic N) is 1. The molecule has 2 rings (SSSR count). The summed E-state index contributed by atoms with van der Waals surface area (Å²) in [5.41, 5.74) is 0. The fraction of sp³-hybridized carbons (Fsp3) is 1.00. The molecule has 0 radical (unpaired) electrons. The van der Waals surface area contributed by atoms with Crippen molar-refractivity contribution >= 4 is 0 Å². The number of piperazine rings is 1. The maximum absolute atomic E-state index is 3.88. The van der Waals surface area contributed by atoms with Crippen LogP contribution in [0, 0.1) is 11.8 Å². The molecule has 106 valence electrons. The summed E-state index contributed by atoms with van der Waals surface area (Å²) in [4.78, 5) is 2.74. The van der Waals surface area contributed by atoms with E-state index in [1.165, 1.54) is 58.2 Å². The van der Waals surface area contributed by atoms with E-state index in [4.69, 9.17) is 0 Å². The smallest absolute Gasteiger partial charge is 0.0246 e. The highest BCUT2D eigenvalue weighted by Crippen LogP contribution is 2.29. The van der Waals surface area contributed by atoms with Gasteiger partial charge >= 0.3 is 0 Å². The Kier molecular flexibility index (Phi) is 5.50. The highest BCUT2D eigenvalue weighted by molar-refractivity contribution is 4.91. The summed E-state index contributed by atoms with van der Waals surface area (Å²) >= 11 is 0. The van der Waals surface area contributed by atoms with Gasteiger partial charge in [-0.05, 0) is 31.2 Å². The average molecular weight is 252 g/mol. The number of hydrogen-bond donors (Lipinski definition) is 1. The molecular weight excluding hydrogens is 220 g/mol. The van der Waals surface area contributed by atoms with E-state index in [9.17, 15) is 0 Å². The van der Waals surface area contributed by atoms with Gasteiger partial charge in [0.1, 0.15) is 0 Å². The van der Waals surface area contributed by atoms with Crippen LogP contribution in [0.5, 0.6) is 0 Å².